The summed E-state index contributed by atoms with van der Waals surface area (Å²) in [6.07, 6.45) is 2.67. The monoisotopic (exact) mass is 457 g/mol. The van der Waals surface area contributed by atoms with Crippen LogP contribution < -0.4 is 5.32 Å². The number of benzene rings is 2. The van der Waals surface area contributed by atoms with Crippen molar-refractivity contribution >= 4 is 27.5 Å². The van der Waals surface area contributed by atoms with E-state index in [2.05, 4.69) is 12.2 Å². The lowest BCUT2D eigenvalue weighted by molar-refractivity contribution is -0.116. The van der Waals surface area contributed by atoms with E-state index in [-0.39, 0.29) is 23.3 Å². The van der Waals surface area contributed by atoms with Gasteiger partial charge in [-0.05, 0) is 61.1 Å². The second-order valence-electron chi connectivity index (χ2n) is 8.35. The summed E-state index contributed by atoms with van der Waals surface area (Å²) in [6.45, 7) is 4.99. The maximum Gasteiger partial charge on any atom is 0.254 e. The SMILES string of the molecule is CCc1ccccc1NC(=O)CN(C)C(=O)c1ccc(S(=O)(=O)N2CCC[C@@H](C)C2)cc1. The molecule has 1 saturated heterocycles. The number of carbonyl (C=O) groups is 2. The fraction of sp³-hybridized carbons (Fsp3) is 0.417. The molecule has 0 saturated carbocycles. The molecule has 1 N–H and O–H groups in total. The molecule has 1 aliphatic heterocycles. The van der Waals surface area contributed by atoms with E-state index < -0.39 is 10.0 Å². The van der Waals surface area contributed by atoms with Gasteiger partial charge in [0, 0.05) is 31.4 Å². The third-order valence-electron chi connectivity index (χ3n) is 5.76. The second-order valence-corrected chi connectivity index (χ2v) is 10.3. The average Bonchev–Trinajstić information content (AvgIpc) is 2.79. The summed E-state index contributed by atoms with van der Waals surface area (Å²) in [7, 11) is -2.02. The lowest BCUT2D eigenvalue weighted by Gasteiger charge is -2.30. The van der Waals surface area contributed by atoms with Crippen LogP contribution in [0.2, 0.25) is 0 Å². The summed E-state index contributed by atoms with van der Waals surface area (Å²) >= 11 is 0. The van der Waals surface area contributed by atoms with Crippen LogP contribution in [0, 0.1) is 5.92 Å². The van der Waals surface area contributed by atoms with Crippen molar-refractivity contribution in [2.45, 2.75) is 38.0 Å². The topological polar surface area (TPSA) is 86.8 Å². The van der Waals surface area contributed by atoms with Crippen molar-refractivity contribution in [1.82, 2.24) is 9.21 Å². The van der Waals surface area contributed by atoms with Crippen molar-refractivity contribution < 1.29 is 18.0 Å². The first kappa shape index (κ1) is 23.9. The Morgan fingerprint density at radius 3 is 2.47 bits per heavy atom. The number of nitrogens with one attached hydrogen (secondary N) is 1. The molecule has 2 aromatic rings. The molecule has 0 radical (unpaired) electrons. The van der Waals surface area contributed by atoms with Gasteiger partial charge in [-0.15, -0.1) is 0 Å². The fourth-order valence-corrected chi connectivity index (χ4v) is 5.53. The Labute approximate surface area is 190 Å². The van der Waals surface area contributed by atoms with Crippen molar-refractivity contribution in [1.29, 1.82) is 0 Å². The van der Waals surface area contributed by atoms with Crippen molar-refractivity contribution in [3.05, 3.63) is 59.7 Å². The van der Waals surface area contributed by atoms with E-state index in [4.69, 9.17) is 0 Å². The van der Waals surface area contributed by atoms with Crippen molar-refractivity contribution in [2.24, 2.45) is 5.92 Å². The van der Waals surface area contributed by atoms with Gasteiger partial charge < -0.3 is 10.2 Å². The molecule has 2 aromatic carbocycles. The number of sulfonamides is 1. The zero-order valence-corrected chi connectivity index (χ0v) is 19.7. The van der Waals surface area contributed by atoms with E-state index in [1.54, 1.807) is 7.05 Å². The van der Waals surface area contributed by atoms with E-state index in [9.17, 15) is 18.0 Å². The number of rotatable bonds is 7. The largest absolute Gasteiger partial charge is 0.332 e. The van der Waals surface area contributed by atoms with Gasteiger partial charge in [-0.25, -0.2) is 8.42 Å². The van der Waals surface area contributed by atoms with E-state index in [1.807, 2.05) is 31.2 Å². The van der Waals surface area contributed by atoms with Crippen LogP contribution in [-0.2, 0) is 21.2 Å². The zero-order valence-electron chi connectivity index (χ0n) is 18.9. The van der Waals surface area contributed by atoms with Crippen LogP contribution in [-0.4, -0.2) is 56.1 Å². The molecule has 1 heterocycles. The van der Waals surface area contributed by atoms with E-state index in [0.29, 0.717) is 24.6 Å². The summed E-state index contributed by atoms with van der Waals surface area (Å²) in [4.78, 5) is 26.7. The van der Waals surface area contributed by atoms with E-state index >= 15 is 0 Å². The minimum Gasteiger partial charge on any atom is -0.332 e. The molecule has 1 aliphatic rings. The second kappa shape index (κ2) is 10.3. The lowest BCUT2D eigenvalue weighted by Crippen LogP contribution is -2.39. The first-order valence-electron chi connectivity index (χ1n) is 11.0. The number of piperidine rings is 1. The van der Waals surface area contributed by atoms with Gasteiger partial charge in [0.15, 0.2) is 0 Å². The zero-order chi connectivity index (χ0) is 23.3. The third-order valence-corrected chi connectivity index (χ3v) is 7.64. The van der Waals surface area contributed by atoms with Crippen molar-refractivity contribution in [3.8, 4) is 0 Å². The first-order chi connectivity index (χ1) is 15.2. The van der Waals surface area contributed by atoms with Crippen LogP contribution in [0.4, 0.5) is 5.69 Å². The molecule has 8 heteroatoms. The Kier molecular flexibility index (Phi) is 7.69. The van der Waals surface area contributed by atoms with Gasteiger partial charge >= 0.3 is 0 Å². The molecule has 0 spiro atoms. The van der Waals surface area contributed by atoms with Gasteiger partial charge in [0.05, 0.1) is 11.4 Å². The predicted octanol–water partition coefficient (Wildman–Crippen LogP) is 3.38. The number of anilines is 1. The molecule has 1 atom stereocenters. The van der Waals surface area contributed by atoms with Gasteiger partial charge in [0.2, 0.25) is 15.9 Å². The van der Waals surface area contributed by atoms with Crippen LogP contribution >= 0.6 is 0 Å². The highest BCUT2D eigenvalue weighted by molar-refractivity contribution is 7.89. The molecule has 172 valence electrons. The number of para-hydroxylation sites is 1. The van der Waals surface area contributed by atoms with E-state index in [0.717, 1.165) is 30.5 Å². The minimum atomic E-state index is -3.57. The molecule has 2 amide bonds. The van der Waals surface area contributed by atoms with Gasteiger partial charge in [-0.3, -0.25) is 9.59 Å². The Balaban J connectivity index is 1.64. The highest BCUT2D eigenvalue weighted by Gasteiger charge is 2.28. The number of aryl methyl sites for hydroxylation is 1. The maximum atomic E-state index is 12.9. The molecule has 0 aliphatic carbocycles. The van der Waals surface area contributed by atoms with Crippen LogP contribution in [0.25, 0.3) is 0 Å². The summed E-state index contributed by atoms with van der Waals surface area (Å²) in [6, 6.07) is 13.5. The molecular weight excluding hydrogens is 426 g/mol. The van der Waals surface area contributed by atoms with Crippen molar-refractivity contribution in [2.75, 3.05) is 32.0 Å². The molecule has 0 aromatic heterocycles. The third kappa shape index (κ3) is 5.55. The number of carbonyl (C=O) groups excluding carboxylic acids is 2. The highest BCUT2D eigenvalue weighted by Crippen LogP contribution is 2.24. The molecule has 0 unspecified atom stereocenters. The molecule has 7 nitrogen and oxygen atoms in total. The van der Waals surface area contributed by atoms with Gasteiger partial charge in [-0.2, -0.15) is 4.31 Å². The normalized spacial score (nSPS) is 17.0. The first-order valence-corrected chi connectivity index (χ1v) is 12.4. The Morgan fingerprint density at radius 2 is 1.81 bits per heavy atom. The van der Waals surface area contributed by atoms with Crippen LogP contribution in [0.5, 0.6) is 0 Å². The number of amides is 2. The van der Waals surface area contributed by atoms with E-state index in [1.165, 1.54) is 33.5 Å². The standard InChI is InChI=1S/C24H31N3O4S/c1-4-19-9-5-6-10-22(19)25-23(28)17-26(3)24(29)20-11-13-21(14-12-20)32(30,31)27-15-7-8-18(2)16-27/h5-6,9-14,18H,4,7-8,15-17H2,1-3H3,(H,25,28)/t18-/m1/s1. The summed E-state index contributed by atoms with van der Waals surface area (Å²) < 4.78 is 27.3. The lowest BCUT2D eigenvalue weighted by atomic mass is 10.0. The smallest absolute Gasteiger partial charge is 0.254 e. The van der Waals surface area contributed by atoms with Crippen LogP contribution in [0.1, 0.15) is 42.6 Å². The Bertz CT molecular complexity index is 1070. The average molecular weight is 458 g/mol. The predicted molar refractivity (Wildman–Crippen MR) is 125 cm³/mol. The minimum absolute atomic E-state index is 0.109. The Hall–Kier alpha value is -2.71. The van der Waals surface area contributed by atoms with Gasteiger partial charge in [0.1, 0.15) is 0 Å². The number of nitrogens with zero attached hydrogens (tertiary/aromatic N) is 2. The Morgan fingerprint density at radius 1 is 1.12 bits per heavy atom. The summed E-state index contributed by atoms with van der Waals surface area (Å²) in [5, 5.41) is 2.85. The molecule has 3 rings (SSSR count). The molecule has 1 fully saturated rings. The quantitative estimate of drug-likeness (QED) is 0.691. The molecular formula is C24H31N3O4S. The fourth-order valence-electron chi connectivity index (χ4n) is 3.93. The van der Waals surface area contributed by atoms with Crippen LogP contribution in [0.3, 0.4) is 0 Å². The van der Waals surface area contributed by atoms with Gasteiger partial charge in [0.25, 0.3) is 5.91 Å². The van der Waals surface area contributed by atoms with Gasteiger partial charge in [-0.1, -0.05) is 32.0 Å². The summed E-state index contributed by atoms with van der Waals surface area (Å²) in [5.74, 6) is -0.303. The number of hydrogen-bond acceptors (Lipinski definition) is 4. The molecule has 0 bridgehead atoms. The number of hydrogen-bond donors (Lipinski definition) is 1. The maximum absolute atomic E-state index is 12.9. The summed E-state index contributed by atoms with van der Waals surface area (Å²) in [5.41, 5.74) is 2.09. The van der Waals surface area contributed by atoms with Crippen LogP contribution in [0.15, 0.2) is 53.4 Å². The van der Waals surface area contributed by atoms with Crippen molar-refractivity contribution in [3.63, 3.8) is 0 Å². The highest BCUT2D eigenvalue weighted by atomic mass is 32.2. The number of likely N-dealkylation sites (N-methyl/N-ethyl adjacent to an activating group) is 1. The molecule has 32 heavy (non-hydrogen) atoms.